The summed E-state index contributed by atoms with van der Waals surface area (Å²) in [6, 6.07) is 11.0. The summed E-state index contributed by atoms with van der Waals surface area (Å²) in [4.78, 5) is 31.4. The molecule has 0 radical (unpaired) electrons. The summed E-state index contributed by atoms with van der Waals surface area (Å²) in [7, 11) is 0. The Labute approximate surface area is 198 Å². The van der Waals surface area contributed by atoms with E-state index in [-0.39, 0.29) is 18.4 Å². The lowest BCUT2D eigenvalue weighted by Crippen LogP contribution is -2.48. The Morgan fingerprint density at radius 2 is 2.09 bits per heavy atom. The number of carbonyl (C=O) groups excluding carboxylic acids is 1. The van der Waals surface area contributed by atoms with Crippen molar-refractivity contribution in [2.45, 2.75) is 19.0 Å². The molecule has 13 heteroatoms. The number of fused-ring (bicyclic) bond motifs is 4. The summed E-state index contributed by atoms with van der Waals surface area (Å²) in [6.45, 7) is 1.55. The van der Waals surface area contributed by atoms with Gasteiger partial charge in [-0.15, -0.1) is 0 Å². The first-order valence-corrected chi connectivity index (χ1v) is 10.7. The highest BCUT2D eigenvalue weighted by Crippen LogP contribution is 2.40. The summed E-state index contributed by atoms with van der Waals surface area (Å²) in [5, 5.41) is 10.00. The van der Waals surface area contributed by atoms with Crippen LogP contribution in [-0.4, -0.2) is 35.1 Å². The average molecular weight is 471 g/mol. The van der Waals surface area contributed by atoms with Gasteiger partial charge in [-0.05, 0) is 65.5 Å². The van der Waals surface area contributed by atoms with E-state index in [0.29, 0.717) is 34.9 Å². The first-order chi connectivity index (χ1) is 17.1. The van der Waals surface area contributed by atoms with E-state index in [1.54, 1.807) is 23.1 Å². The topological polar surface area (TPSA) is 159 Å². The molecule has 1 fully saturated rings. The van der Waals surface area contributed by atoms with Gasteiger partial charge < -0.3 is 4.90 Å². The molecule has 174 valence electrons. The van der Waals surface area contributed by atoms with Crippen LogP contribution < -0.4 is 15.1 Å². The standard InChI is InChI=1S/C22H18FN11O/c23-15-1-4-20(26-11-15)29-22(35)34-17-5-6-33(12-17)19-3-2-18(28-21(19)34)14-7-13(10-27-31-24)8-16(9-14)30-32-25/h1-4,7-9,11,17H,5-6,10,12H2,(H,26,29,35)/t17-/m0/s1. The maximum Gasteiger partial charge on any atom is 0.329 e. The Balaban J connectivity index is 1.54. The number of aromatic nitrogens is 2. The third kappa shape index (κ3) is 4.36. The second-order valence-electron chi connectivity index (χ2n) is 8.06. The Morgan fingerprint density at radius 3 is 2.86 bits per heavy atom. The molecule has 12 nitrogen and oxygen atoms in total. The third-order valence-electron chi connectivity index (χ3n) is 5.88. The summed E-state index contributed by atoms with van der Waals surface area (Å²) in [6.07, 6.45) is 1.82. The van der Waals surface area contributed by atoms with Crippen molar-refractivity contribution < 1.29 is 9.18 Å². The Bertz CT molecular complexity index is 1400. The molecule has 1 atom stereocenters. The number of pyridine rings is 2. The first kappa shape index (κ1) is 22.0. The van der Waals surface area contributed by atoms with Crippen LogP contribution in [0.3, 0.4) is 0 Å². The lowest BCUT2D eigenvalue weighted by molar-refractivity contribution is 0.254. The van der Waals surface area contributed by atoms with Gasteiger partial charge in [-0.3, -0.25) is 10.2 Å². The predicted octanol–water partition coefficient (Wildman–Crippen LogP) is 5.67. The zero-order valence-electron chi connectivity index (χ0n) is 18.3. The monoisotopic (exact) mass is 471 g/mol. The molecule has 0 saturated carbocycles. The van der Waals surface area contributed by atoms with Crippen molar-refractivity contribution in [2.75, 3.05) is 28.2 Å². The van der Waals surface area contributed by atoms with Crippen LogP contribution in [0, 0.1) is 5.82 Å². The van der Waals surface area contributed by atoms with E-state index < -0.39 is 11.8 Å². The van der Waals surface area contributed by atoms with Crippen molar-refractivity contribution in [3.8, 4) is 11.3 Å². The molecule has 4 heterocycles. The van der Waals surface area contributed by atoms with Crippen molar-refractivity contribution in [1.82, 2.24) is 9.97 Å². The average Bonchev–Trinajstić information content (AvgIpc) is 3.28. The summed E-state index contributed by atoms with van der Waals surface area (Å²) in [5.74, 6) is 0.229. The number of benzene rings is 1. The molecule has 0 unspecified atom stereocenters. The Kier molecular flexibility index (Phi) is 5.76. The lowest BCUT2D eigenvalue weighted by atomic mass is 10.1. The van der Waals surface area contributed by atoms with Gasteiger partial charge in [0, 0.05) is 34.2 Å². The van der Waals surface area contributed by atoms with Crippen LogP contribution in [0.5, 0.6) is 0 Å². The van der Waals surface area contributed by atoms with Crippen LogP contribution in [0.1, 0.15) is 12.0 Å². The molecule has 2 bridgehead atoms. The number of hydrogen-bond donors (Lipinski definition) is 1. The van der Waals surface area contributed by atoms with Crippen molar-refractivity contribution in [3.05, 3.63) is 80.9 Å². The van der Waals surface area contributed by atoms with Crippen LogP contribution >= 0.6 is 0 Å². The maximum atomic E-state index is 13.3. The van der Waals surface area contributed by atoms with E-state index in [1.807, 2.05) is 12.1 Å². The van der Waals surface area contributed by atoms with Crippen LogP contribution in [-0.2, 0) is 6.54 Å². The molecule has 2 aliphatic rings. The molecule has 0 aliphatic carbocycles. The molecule has 0 spiro atoms. The lowest BCUT2D eigenvalue weighted by Gasteiger charge is -2.35. The van der Waals surface area contributed by atoms with Gasteiger partial charge in [0.1, 0.15) is 11.6 Å². The fourth-order valence-electron chi connectivity index (χ4n) is 4.39. The highest BCUT2D eigenvalue weighted by molar-refractivity contribution is 6.04. The Morgan fingerprint density at radius 1 is 1.20 bits per heavy atom. The van der Waals surface area contributed by atoms with E-state index >= 15 is 0 Å². The van der Waals surface area contributed by atoms with Gasteiger partial charge in [-0.25, -0.2) is 19.2 Å². The highest BCUT2D eigenvalue weighted by atomic mass is 19.1. The number of carbonyl (C=O) groups is 1. The third-order valence-corrected chi connectivity index (χ3v) is 5.88. The number of anilines is 3. The number of halogens is 1. The maximum absolute atomic E-state index is 13.3. The van der Waals surface area contributed by atoms with E-state index in [4.69, 9.17) is 16.0 Å². The molecule has 2 aromatic heterocycles. The van der Waals surface area contributed by atoms with Crippen LogP contribution in [0.25, 0.3) is 32.1 Å². The fourth-order valence-corrected chi connectivity index (χ4v) is 4.39. The van der Waals surface area contributed by atoms with Crippen LogP contribution in [0.4, 0.5) is 32.2 Å². The second-order valence-corrected chi connectivity index (χ2v) is 8.06. The van der Waals surface area contributed by atoms with Gasteiger partial charge in [0.05, 0.1) is 30.2 Å². The molecule has 3 aromatic rings. The number of azide groups is 2. The number of amides is 2. The molecule has 2 aliphatic heterocycles. The first-order valence-electron chi connectivity index (χ1n) is 10.7. The SMILES string of the molecule is [N-]=[N+]=NCc1cc(N=[N+]=[N-])cc(-c2ccc3c(n2)N(C(=O)Nc2ccc(F)cn2)[C@H]2CCN3C2)c1. The Hall–Kier alpha value is -4.86. The number of rotatable bonds is 5. The minimum absolute atomic E-state index is 0.0816. The summed E-state index contributed by atoms with van der Waals surface area (Å²) >= 11 is 0. The van der Waals surface area contributed by atoms with Gasteiger partial charge in [0.2, 0.25) is 0 Å². The zero-order valence-corrected chi connectivity index (χ0v) is 18.3. The summed E-state index contributed by atoms with van der Waals surface area (Å²) < 4.78 is 13.2. The smallest absolute Gasteiger partial charge is 0.329 e. The van der Waals surface area contributed by atoms with Gasteiger partial charge in [0.15, 0.2) is 5.82 Å². The van der Waals surface area contributed by atoms with Gasteiger partial charge in [-0.1, -0.05) is 10.2 Å². The highest BCUT2D eigenvalue weighted by Gasteiger charge is 2.40. The molecule has 1 N–H and O–H groups in total. The predicted molar refractivity (Wildman–Crippen MR) is 128 cm³/mol. The molecular weight excluding hydrogens is 453 g/mol. The summed E-state index contributed by atoms with van der Waals surface area (Å²) in [5.41, 5.74) is 20.6. The van der Waals surface area contributed by atoms with Crippen molar-refractivity contribution >= 4 is 29.0 Å². The largest absolute Gasteiger partial charge is 0.366 e. The van der Waals surface area contributed by atoms with Gasteiger partial charge in [0.25, 0.3) is 0 Å². The number of nitrogens with one attached hydrogen (secondary N) is 1. The van der Waals surface area contributed by atoms with Gasteiger partial charge in [-0.2, -0.15) is 0 Å². The zero-order chi connectivity index (χ0) is 24.4. The van der Waals surface area contributed by atoms with E-state index in [9.17, 15) is 9.18 Å². The van der Waals surface area contributed by atoms with Crippen LogP contribution in [0.15, 0.2) is 58.9 Å². The van der Waals surface area contributed by atoms with Crippen molar-refractivity contribution in [2.24, 2.45) is 10.2 Å². The minimum Gasteiger partial charge on any atom is -0.366 e. The quantitative estimate of drug-likeness (QED) is 0.289. The number of urea groups is 1. The van der Waals surface area contributed by atoms with Crippen molar-refractivity contribution in [1.29, 1.82) is 0 Å². The van der Waals surface area contributed by atoms with E-state index in [1.165, 1.54) is 12.1 Å². The van der Waals surface area contributed by atoms with Crippen LogP contribution in [0.2, 0.25) is 0 Å². The van der Waals surface area contributed by atoms with E-state index in [2.05, 4.69) is 35.3 Å². The molecular formula is C22H18FN11O. The number of hydrogen-bond acceptors (Lipinski definition) is 6. The fraction of sp³-hybridized carbons (Fsp3) is 0.227. The second kappa shape index (κ2) is 9.18. The minimum atomic E-state index is -0.494. The normalized spacial score (nSPS) is 15.6. The molecule has 35 heavy (non-hydrogen) atoms. The molecule has 1 aromatic carbocycles. The van der Waals surface area contributed by atoms with Gasteiger partial charge >= 0.3 is 6.03 Å². The molecule has 2 amide bonds. The van der Waals surface area contributed by atoms with Crippen molar-refractivity contribution in [3.63, 3.8) is 0 Å². The molecule has 1 saturated heterocycles. The van der Waals surface area contributed by atoms with E-state index in [0.717, 1.165) is 24.8 Å². The molecule has 5 rings (SSSR count). The number of nitrogens with zero attached hydrogens (tertiary/aromatic N) is 10.